The van der Waals surface area contributed by atoms with Gasteiger partial charge < -0.3 is 10.3 Å². The molecule has 2 N–H and O–H groups in total. The Hall–Kier alpha value is -1.49. The van der Waals surface area contributed by atoms with E-state index >= 15 is 0 Å². The minimum atomic E-state index is -4.30. The molecule has 0 bridgehead atoms. The van der Waals surface area contributed by atoms with Crippen LogP contribution in [0.15, 0.2) is 24.3 Å². The van der Waals surface area contributed by atoms with E-state index in [1.807, 2.05) is 10.6 Å². The lowest BCUT2D eigenvalue weighted by Crippen LogP contribution is -2.15. The molecule has 1 atom stereocenters. The summed E-state index contributed by atoms with van der Waals surface area (Å²) in [5.74, 6) is 0. The Bertz CT molecular complexity index is 598. The van der Waals surface area contributed by atoms with Crippen molar-refractivity contribution in [1.29, 1.82) is 0 Å². The van der Waals surface area contributed by atoms with Gasteiger partial charge in [0.2, 0.25) is 0 Å². The Morgan fingerprint density at radius 2 is 2.06 bits per heavy atom. The number of benzene rings is 1. The quantitative estimate of drug-likeness (QED) is 0.832. The van der Waals surface area contributed by atoms with Gasteiger partial charge in [0.1, 0.15) is 0 Å². The van der Waals surface area contributed by atoms with Crippen molar-refractivity contribution in [3.05, 3.63) is 35.5 Å². The van der Waals surface area contributed by atoms with Crippen LogP contribution in [0.2, 0.25) is 0 Å². The van der Waals surface area contributed by atoms with Crippen LogP contribution >= 0.6 is 0 Å². The monoisotopic (exact) mass is 254 g/mol. The molecule has 0 radical (unpaired) electrons. The molecular formula is C13H13F3N2. The second kappa shape index (κ2) is 3.75. The van der Waals surface area contributed by atoms with Gasteiger partial charge >= 0.3 is 6.18 Å². The Morgan fingerprint density at radius 3 is 2.72 bits per heavy atom. The van der Waals surface area contributed by atoms with Gasteiger partial charge in [0.25, 0.3) is 0 Å². The third-order valence-electron chi connectivity index (χ3n) is 3.62. The number of aryl methyl sites for hydroxylation is 1. The summed E-state index contributed by atoms with van der Waals surface area (Å²) in [4.78, 5) is 0. The first-order valence-corrected chi connectivity index (χ1v) is 5.92. The van der Waals surface area contributed by atoms with Crippen molar-refractivity contribution in [2.75, 3.05) is 6.54 Å². The number of fused-ring (bicyclic) bond motifs is 3. The van der Waals surface area contributed by atoms with Gasteiger partial charge in [0.05, 0.1) is 5.56 Å². The molecule has 0 fully saturated rings. The van der Waals surface area contributed by atoms with Crippen LogP contribution in [0.3, 0.4) is 0 Å². The number of hydrogen-bond acceptors (Lipinski definition) is 1. The number of nitrogens with two attached hydrogens (primary N) is 1. The summed E-state index contributed by atoms with van der Waals surface area (Å²) >= 11 is 0. The Labute approximate surface area is 102 Å². The lowest BCUT2D eigenvalue weighted by atomic mass is 10.1. The van der Waals surface area contributed by atoms with E-state index in [0.717, 1.165) is 30.0 Å². The molecule has 18 heavy (non-hydrogen) atoms. The number of nitrogens with zero attached hydrogens (tertiary/aromatic N) is 1. The van der Waals surface area contributed by atoms with Gasteiger partial charge in [-0.25, -0.2) is 0 Å². The van der Waals surface area contributed by atoms with E-state index in [0.29, 0.717) is 12.1 Å². The molecule has 5 heteroatoms. The van der Waals surface area contributed by atoms with E-state index in [4.69, 9.17) is 5.73 Å². The molecule has 2 heterocycles. The second-order valence-electron chi connectivity index (χ2n) is 4.71. The molecule has 1 aliphatic rings. The highest BCUT2D eigenvalue weighted by Crippen LogP contribution is 2.36. The van der Waals surface area contributed by atoms with Crippen LogP contribution in [0.5, 0.6) is 0 Å². The molecule has 0 aliphatic carbocycles. The van der Waals surface area contributed by atoms with E-state index in [1.165, 1.54) is 12.1 Å². The predicted molar refractivity (Wildman–Crippen MR) is 63.4 cm³/mol. The lowest BCUT2D eigenvalue weighted by Gasteiger charge is -2.13. The van der Waals surface area contributed by atoms with Gasteiger partial charge in [-0.3, -0.25) is 0 Å². The molecule has 1 aromatic carbocycles. The van der Waals surface area contributed by atoms with E-state index < -0.39 is 11.7 Å². The van der Waals surface area contributed by atoms with Crippen molar-refractivity contribution in [3.63, 3.8) is 0 Å². The maximum absolute atomic E-state index is 12.7. The third-order valence-corrected chi connectivity index (χ3v) is 3.62. The number of halogens is 3. The zero-order valence-electron chi connectivity index (χ0n) is 9.67. The topological polar surface area (TPSA) is 30.9 Å². The summed E-state index contributed by atoms with van der Waals surface area (Å²) in [6.07, 6.45) is -2.49. The van der Waals surface area contributed by atoms with E-state index in [1.54, 1.807) is 0 Å². The predicted octanol–water partition coefficient (Wildman–Crippen LogP) is 3.11. The Morgan fingerprint density at radius 1 is 1.28 bits per heavy atom. The smallest absolute Gasteiger partial charge is 0.340 e. The van der Waals surface area contributed by atoms with E-state index in [-0.39, 0.29) is 6.04 Å². The van der Waals surface area contributed by atoms with E-state index in [9.17, 15) is 13.2 Å². The lowest BCUT2D eigenvalue weighted by molar-refractivity contribution is -0.137. The first-order chi connectivity index (χ1) is 8.50. The highest BCUT2D eigenvalue weighted by Gasteiger charge is 2.32. The fraction of sp³-hybridized carbons (Fsp3) is 0.385. The molecule has 2 nitrogen and oxygen atoms in total. The van der Waals surface area contributed by atoms with Crippen LogP contribution in [0.1, 0.15) is 23.7 Å². The van der Waals surface area contributed by atoms with Crippen LogP contribution < -0.4 is 5.73 Å². The van der Waals surface area contributed by atoms with Gasteiger partial charge in [-0.15, -0.1) is 0 Å². The van der Waals surface area contributed by atoms with Crippen molar-refractivity contribution >= 4 is 10.9 Å². The number of hydrogen-bond donors (Lipinski definition) is 1. The van der Waals surface area contributed by atoms with Gasteiger partial charge in [0.15, 0.2) is 0 Å². The summed E-state index contributed by atoms with van der Waals surface area (Å²) in [6, 6.07) is 5.99. The van der Waals surface area contributed by atoms with Crippen LogP contribution in [0.4, 0.5) is 13.2 Å². The molecule has 1 aliphatic heterocycles. The molecule has 3 rings (SSSR count). The molecule has 0 saturated heterocycles. The average molecular weight is 254 g/mol. The van der Waals surface area contributed by atoms with Crippen molar-refractivity contribution < 1.29 is 13.2 Å². The van der Waals surface area contributed by atoms with Crippen molar-refractivity contribution in [2.24, 2.45) is 5.73 Å². The molecular weight excluding hydrogens is 241 g/mol. The summed E-state index contributed by atoms with van der Waals surface area (Å²) in [5, 5.41) is 0.858. The summed E-state index contributed by atoms with van der Waals surface area (Å²) < 4.78 is 40.1. The zero-order chi connectivity index (χ0) is 12.9. The SMILES string of the molecule is NCC1CCc2cc3ccc(C(F)(F)F)cc3n21. The highest BCUT2D eigenvalue weighted by molar-refractivity contribution is 5.82. The highest BCUT2D eigenvalue weighted by atomic mass is 19.4. The van der Waals surface area contributed by atoms with Gasteiger partial charge in [-0.2, -0.15) is 13.2 Å². The van der Waals surface area contributed by atoms with Gasteiger partial charge in [-0.05, 0) is 36.4 Å². The first-order valence-electron chi connectivity index (χ1n) is 5.92. The first kappa shape index (κ1) is 11.6. The van der Waals surface area contributed by atoms with Crippen molar-refractivity contribution in [1.82, 2.24) is 4.57 Å². The molecule has 0 saturated carbocycles. The standard InChI is InChI=1S/C13H13F3N2/c14-13(15,16)9-2-1-8-5-10-3-4-11(7-17)18(10)12(8)6-9/h1-2,5-6,11H,3-4,7,17H2. The normalized spacial score (nSPS) is 19.4. The Balaban J connectivity index is 2.21. The van der Waals surface area contributed by atoms with Gasteiger partial charge in [0, 0.05) is 23.8 Å². The van der Waals surface area contributed by atoms with Crippen LogP contribution in [0, 0.1) is 0 Å². The molecule has 1 unspecified atom stereocenters. The average Bonchev–Trinajstić information content (AvgIpc) is 2.84. The summed E-state index contributed by atoms with van der Waals surface area (Å²) in [6.45, 7) is 0.465. The largest absolute Gasteiger partial charge is 0.416 e. The minimum absolute atomic E-state index is 0.126. The maximum Gasteiger partial charge on any atom is 0.416 e. The van der Waals surface area contributed by atoms with Crippen LogP contribution in [-0.2, 0) is 12.6 Å². The third kappa shape index (κ3) is 1.61. The molecule has 2 aromatic rings. The Kier molecular flexibility index (Phi) is 2.41. The number of rotatable bonds is 1. The fourth-order valence-electron chi connectivity index (χ4n) is 2.75. The van der Waals surface area contributed by atoms with Crippen molar-refractivity contribution in [2.45, 2.75) is 25.1 Å². The van der Waals surface area contributed by atoms with Gasteiger partial charge in [-0.1, -0.05) is 6.07 Å². The maximum atomic E-state index is 12.7. The fourth-order valence-corrected chi connectivity index (χ4v) is 2.75. The second-order valence-corrected chi connectivity index (χ2v) is 4.71. The number of alkyl halides is 3. The summed E-state index contributed by atoms with van der Waals surface area (Å²) in [5.41, 5.74) is 6.81. The van der Waals surface area contributed by atoms with Crippen molar-refractivity contribution in [3.8, 4) is 0 Å². The van der Waals surface area contributed by atoms with E-state index in [2.05, 4.69) is 0 Å². The number of aromatic nitrogens is 1. The van der Waals surface area contributed by atoms with Crippen LogP contribution in [0.25, 0.3) is 10.9 Å². The minimum Gasteiger partial charge on any atom is -0.340 e. The summed E-state index contributed by atoms with van der Waals surface area (Å²) in [7, 11) is 0. The zero-order valence-corrected chi connectivity index (χ0v) is 9.67. The molecule has 0 spiro atoms. The van der Waals surface area contributed by atoms with Crippen LogP contribution in [-0.4, -0.2) is 11.1 Å². The molecule has 1 aromatic heterocycles. The molecule has 0 amide bonds. The molecule has 96 valence electrons.